The first kappa shape index (κ1) is 19.4. The van der Waals surface area contributed by atoms with Crippen molar-refractivity contribution in [2.75, 3.05) is 6.61 Å². The predicted octanol–water partition coefficient (Wildman–Crippen LogP) is 3.63. The van der Waals surface area contributed by atoms with Crippen molar-refractivity contribution in [3.8, 4) is 11.8 Å². The summed E-state index contributed by atoms with van der Waals surface area (Å²) >= 11 is 5.83. The molecule has 27 heavy (non-hydrogen) atoms. The molecule has 6 nitrogen and oxygen atoms in total. The van der Waals surface area contributed by atoms with Crippen LogP contribution in [-0.4, -0.2) is 34.6 Å². The number of carbonyl (C=O) groups is 1. The zero-order chi connectivity index (χ0) is 19.2. The Bertz CT molecular complexity index is 754. The smallest absolute Gasteiger partial charge is 0.317 e. The number of aryl methyl sites for hydroxylation is 2. The number of amides is 1. The maximum absolute atomic E-state index is 12.1. The molecule has 0 saturated heterocycles. The van der Waals surface area contributed by atoms with Gasteiger partial charge in [-0.05, 0) is 69.9 Å². The Morgan fingerprint density at radius 3 is 2.37 bits per heavy atom. The fourth-order valence-corrected chi connectivity index (χ4v) is 3.30. The van der Waals surface area contributed by atoms with Gasteiger partial charge in [0.1, 0.15) is 11.9 Å². The van der Waals surface area contributed by atoms with Gasteiger partial charge in [0.2, 0.25) is 0 Å². The number of aromatic nitrogens is 2. The maximum Gasteiger partial charge on any atom is 0.317 e. The van der Waals surface area contributed by atoms with Crippen LogP contribution in [0.3, 0.4) is 0 Å². The van der Waals surface area contributed by atoms with Crippen LogP contribution in [0.15, 0.2) is 30.3 Å². The van der Waals surface area contributed by atoms with Crippen LogP contribution in [0.5, 0.6) is 11.8 Å². The van der Waals surface area contributed by atoms with Crippen LogP contribution in [0.25, 0.3) is 0 Å². The Balaban J connectivity index is 1.39. The zero-order valence-corrected chi connectivity index (χ0v) is 16.3. The minimum absolute atomic E-state index is 0.00549. The van der Waals surface area contributed by atoms with Gasteiger partial charge in [-0.2, -0.15) is 0 Å². The van der Waals surface area contributed by atoms with E-state index < -0.39 is 0 Å². The van der Waals surface area contributed by atoms with Gasteiger partial charge in [0.15, 0.2) is 6.61 Å². The van der Waals surface area contributed by atoms with Crippen LogP contribution in [0.2, 0.25) is 5.02 Å². The highest BCUT2D eigenvalue weighted by atomic mass is 35.5. The van der Waals surface area contributed by atoms with Gasteiger partial charge in [0.25, 0.3) is 5.91 Å². The molecule has 1 aliphatic carbocycles. The Morgan fingerprint density at radius 1 is 1.11 bits per heavy atom. The van der Waals surface area contributed by atoms with Gasteiger partial charge in [0, 0.05) is 22.5 Å². The first-order valence-corrected chi connectivity index (χ1v) is 9.52. The van der Waals surface area contributed by atoms with E-state index in [-0.39, 0.29) is 24.7 Å². The lowest BCUT2D eigenvalue weighted by Gasteiger charge is -2.29. The molecule has 1 amide bonds. The molecular weight excluding hydrogens is 366 g/mol. The second kappa shape index (κ2) is 9.04. The van der Waals surface area contributed by atoms with E-state index in [9.17, 15) is 4.79 Å². The molecule has 0 atom stereocenters. The van der Waals surface area contributed by atoms with Crippen LogP contribution in [-0.2, 0) is 4.79 Å². The summed E-state index contributed by atoms with van der Waals surface area (Å²) < 4.78 is 11.4. The fraction of sp³-hybridized carbons (Fsp3) is 0.450. The summed E-state index contributed by atoms with van der Waals surface area (Å²) in [6.07, 6.45) is 3.54. The van der Waals surface area contributed by atoms with E-state index in [1.165, 1.54) is 0 Å². The summed E-state index contributed by atoms with van der Waals surface area (Å²) in [6, 6.07) is 9.46. The number of carbonyl (C=O) groups excluding carboxylic acids is 1. The van der Waals surface area contributed by atoms with Crippen LogP contribution in [0, 0.1) is 13.8 Å². The highest BCUT2D eigenvalue weighted by Crippen LogP contribution is 2.22. The summed E-state index contributed by atoms with van der Waals surface area (Å²) in [4.78, 5) is 20.7. The van der Waals surface area contributed by atoms with Crippen molar-refractivity contribution in [2.24, 2.45) is 0 Å². The Labute approximate surface area is 164 Å². The van der Waals surface area contributed by atoms with Gasteiger partial charge in [-0.3, -0.25) is 4.79 Å². The van der Waals surface area contributed by atoms with Crippen molar-refractivity contribution >= 4 is 17.5 Å². The Kier molecular flexibility index (Phi) is 6.50. The summed E-state index contributed by atoms with van der Waals surface area (Å²) in [5.41, 5.74) is 1.80. The first-order valence-electron chi connectivity index (χ1n) is 9.14. The third-order valence-corrected chi connectivity index (χ3v) is 4.71. The van der Waals surface area contributed by atoms with Gasteiger partial charge in [-0.25, -0.2) is 9.97 Å². The third-order valence-electron chi connectivity index (χ3n) is 4.46. The van der Waals surface area contributed by atoms with Gasteiger partial charge >= 0.3 is 6.01 Å². The summed E-state index contributed by atoms with van der Waals surface area (Å²) in [5.74, 6) is 0.507. The molecule has 1 heterocycles. The predicted molar refractivity (Wildman–Crippen MR) is 103 cm³/mol. The molecule has 1 N–H and O–H groups in total. The van der Waals surface area contributed by atoms with E-state index in [1.807, 2.05) is 19.9 Å². The number of hydrogen-bond acceptors (Lipinski definition) is 5. The molecule has 2 aromatic rings. The lowest BCUT2D eigenvalue weighted by atomic mass is 9.93. The van der Waals surface area contributed by atoms with Gasteiger partial charge in [-0.1, -0.05) is 11.6 Å². The first-order chi connectivity index (χ1) is 13.0. The van der Waals surface area contributed by atoms with Crippen molar-refractivity contribution < 1.29 is 14.3 Å². The molecule has 144 valence electrons. The number of rotatable bonds is 6. The molecule has 0 bridgehead atoms. The molecule has 1 aromatic heterocycles. The minimum atomic E-state index is -0.119. The second-order valence-corrected chi connectivity index (χ2v) is 7.27. The molecule has 0 unspecified atom stereocenters. The average molecular weight is 390 g/mol. The molecule has 1 aliphatic rings. The number of hydrogen-bond donors (Lipinski definition) is 1. The van der Waals surface area contributed by atoms with Crippen molar-refractivity contribution in [3.63, 3.8) is 0 Å². The van der Waals surface area contributed by atoms with E-state index in [0.717, 1.165) is 37.1 Å². The topological polar surface area (TPSA) is 73.3 Å². The van der Waals surface area contributed by atoms with Crippen molar-refractivity contribution in [1.82, 2.24) is 15.3 Å². The van der Waals surface area contributed by atoms with E-state index >= 15 is 0 Å². The van der Waals surface area contributed by atoms with Gasteiger partial charge < -0.3 is 14.8 Å². The zero-order valence-electron chi connectivity index (χ0n) is 15.6. The number of benzene rings is 1. The van der Waals surface area contributed by atoms with Crippen LogP contribution in [0.4, 0.5) is 0 Å². The maximum atomic E-state index is 12.1. The fourth-order valence-electron chi connectivity index (χ4n) is 3.17. The van der Waals surface area contributed by atoms with Crippen LogP contribution < -0.4 is 14.8 Å². The molecule has 0 radical (unpaired) electrons. The molecule has 1 aromatic carbocycles. The highest BCUT2D eigenvalue weighted by molar-refractivity contribution is 6.30. The van der Waals surface area contributed by atoms with Crippen LogP contribution >= 0.6 is 11.6 Å². The molecular formula is C20H24ClN3O3. The largest absolute Gasteiger partial charge is 0.484 e. The van der Waals surface area contributed by atoms with E-state index in [2.05, 4.69) is 15.3 Å². The monoisotopic (exact) mass is 389 g/mol. The van der Waals surface area contributed by atoms with Gasteiger partial charge in [-0.15, -0.1) is 0 Å². The Morgan fingerprint density at radius 2 is 1.74 bits per heavy atom. The van der Waals surface area contributed by atoms with Gasteiger partial charge in [0.05, 0.1) is 0 Å². The normalized spacial score (nSPS) is 19.4. The summed E-state index contributed by atoms with van der Waals surface area (Å²) in [7, 11) is 0. The quantitative estimate of drug-likeness (QED) is 0.816. The number of nitrogens with one attached hydrogen (secondary N) is 1. The lowest BCUT2D eigenvalue weighted by Crippen LogP contribution is -2.41. The van der Waals surface area contributed by atoms with E-state index in [0.29, 0.717) is 16.8 Å². The second-order valence-electron chi connectivity index (χ2n) is 6.83. The minimum Gasteiger partial charge on any atom is -0.484 e. The standard InChI is InChI=1S/C20H24ClN3O3/c1-13-11-14(2)23-20(22-13)27-18-9-5-16(6-10-18)24-19(25)12-26-17-7-3-15(21)4-8-17/h3-4,7-8,11,16,18H,5-6,9-10,12H2,1-2H3,(H,24,25). The summed E-state index contributed by atoms with van der Waals surface area (Å²) in [6.45, 7) is 3.86. The molecule has 0 spiro atoms. The molecule has 0 aliphatic heterocycles. The molecule has 3 rings (SSSR count). The SMILES string of the molecule is Cc1cc(C)nc(OC2CCC(NC(=O)COc3ccc(Cl)cc3)CC2)n1. The number of halogens is 1. The molecule has 1 saturated carbocycles. The van der Waals surface area contributed by atoms with Crippen molar-refractivity contribution in [3.05, 3.63) is 46.7 Å². The number of nitrogens with zero attached hydrogens (tertiary/aromatic N) is 2. The van der Waals surface area contributed by atoms with Crippen LogP contribution in [0.1, 0.15) is 37.1 Å². The Hall–Kier alpha value is -2.34. The summed E-state index contributed by atoms with van der Waals surface area (Å²) in [5, 5.41) is 3.66. The van der Waals surface area contributed by atoms with Crippen molar-refractivity contribution in [1.29, 1.82) is 0 Å². The van der Waals surface area contributed by atoms with E-state index in [4.69, 9.17) is 21.1 Å². The third kappa shape index (κ3) is 6.10. The average Bonchev–Trinajstić information content (AvgIpc) is 2.62. The highest BCUT2D eigenvalue weighted by Gasteiger charge is 2.24. The molecule has 7 heteroatoms. The number of ether oxygens (including phenoxy) is 2. The van der Waals surface area contributed by atoms with E-state index in [1.54, 1.807) is 24.3 Å². The lowest BCUT2D eigenvalue weighted by molar-refractivity contribution is -0.124. The van der Waals surface area contributed by atoms with Crippen molar-refractivity contribution in [2.45, 2.75) is 51.7 Å². The molecule has 1 fully saturated rings.